The molecule has 3 N–H and O–H groups in total. The molecule has 3 heterocycles. The Kier molecular flexibility index (Phi) is 14.5. The molecule has 0 bridgehead atoms. The first-order chi connectivity index (χ1) is 37.6. The lowest BCUT2D eigenvalue weighted by Gasteiger charge is -2.45. The van der Waals surface area contributed by atoms with E-state index >= 15 is 0 Å². The molecule has 76 heavy (non-hydrogen) atoms. The van der Waals surface area contributed by atoms with E-state index in [4.69, 9.17) is 14.5 Å². The number of para-hydroxylation sites is 3. The molecule has 10 nitrogen and oxygen atoms in total. The van der Waals surface area contributed by atoms with E-state index in [0.717, 1.165) is 99.9 Å². The number of nitrogens with one attached hydrogen (secondary N) is 3. The first-order valence-corrected chi connectivity index (χ1v) is 25.8. The summed E-state index contributed by atoms with van der Waals surface area (Å²) < 4.78 is 0. The van der Waals surface area contributed by atoms with Crippen molar-refractivity contribution in [2.75, 3.05) is 0 Å². The van der Waals surface area contributed by atoms with Gasteiger partial charge in [-0.1, -0.05) is 234 Å². The van der Waals surface area contributed by atoms with E-state index in [1.54, 1.807) is 0 Å². The van der Waals surface area contributed by atoms with Gasteiger partial charge < -0.3 is 15.0 Å². The van der Waals surface area contributed by atoms with Gasteiger partial charge in [0, 0.05) is 66.5 Å². The Morgan fingerprint density at radius 3 is 0.842 bits per heavy atom. The summed E-state index contributed by atoms with van der Waals surface area (Å²) in [5, 5.41) is 11.0. The summed E-state index contributed by atoms with van der Waals surface area (Å²) in [7, 11) is 0. The van der Waals surface area contributed by atoms with E-state index in [0.29, 0.717) is 0 Å². The molecule has 0 aliphatic heterocycles. The van der Waals surface area contributed by atoms with Crippen LogP contribution in [0.3, 0.4) is 0 Å². The Bertz CT molecular complexity index is 3320. The topological polar surface area (TPSA) is 88.0 Å². The highest BCUT2D eigenvalue weighted by Crippen LogP contribution is 2.34. The first-order valence-electron chi connectivity index (χ1n) is 25.8. The molecule has 0 radical (unpaired) electrons. The fourth-order valence-corrected chi connectivity index (χ4v) is 9.84. The second-order valence-corrected chi connectivity index (χ2v) is 18.9. The maximum atomic E-state index is 7.29. The van der Waals surface area contributed by atoms with Crippen molar-refractivity contribution in [3.05, 3.63) is 288 Å². The molecule has 12 rings (SSSR count). The summed E-state index contributed by atoms with van der Waals surface area (Å²) in [6.45, 7) is 1.51. The van der Waals surface area contributed by atoms with Gasteiger partial charge in [0.25, 0.3) is 0 Å². The maximum Gasteiger partial charge on any atom is 0.0953 e. The number of benzene rings is 9. The fourth-order valence-electron chi connectivity index (χ4n) is 9.84. The molecule has 9 aromatic carbocycles. The van der Waals surface area contributed by atoms with E-state index in [1.807, 2.05) is 75.3 Å². The van der Waals surface area contributed by atoms with Crippen LogP contribution < -0.4 is 0 Å². The van der Waals surface area contributed by atoms with Gasteiger partial charge in [-0.2, -0.15) is 0 Å². The van der Waals surface area contributed by atoms with E-state index in [1.165, 1.54) is 0 Å². The molecular formula is C66H57N7O3. The molecule has 3 aromatic heterocycles. The van der Waals surface area contributed by atoms with Crippen LogP contribution in [-0.2, 0) is 54.0 Å². The molecule has 0 atom stereocenters. The summed E-state index contributed by atoms with van der Waals surface area (Å²) >= 11 is 0. The Morgan fingerprint density at radius 1 is 0.276 bits per heavy atom. The summed E-state index contributed by atoms with van der Waals surface area (Å²) in [4.78, 5) is 33.0. The monoisotopic (exact) mass is 995 g/mol. The quantitative estimate of drug-likeness (QED) is 0.0618. The summed E-state index contributed by atoms with van der Waals surface area (Å²) in [6, 6.07) is 88.2. The standard InChI is InChI=1S/C66H57N7O3/c1-4-22-49(23-5-1)46-74-70(43-55-31-10-16-34-58(55)64-40-52-28-13-19-37-61(52)67-64)73(71(75-47-50-24-6-2-7-25-50)44-56-32-11-17-35-59(56)65-41-53-29-14-20-38-62(53)68-65)72(76-48-51-26-8-3-9-27-51)45-57-33-12-18-36-60(57)66-42-54-30-15-21-39-63(54)69-66/h1-42,67-69H,43-48H2. The Labute approximate surface area is 442 Å². The molecule has 12 aromatic rings. The molecule has 0 aliphatic rings. The van der Waals surface area contributed by atoms with Crippen LogP contribution in [0.2, 0.25) is 0 Å². The second kappa shape index (κ2) is 22.8. The maximum absolute atomic E-state index is 7.29. The van der Waals surface area contributed by atoms with Crippen molar-refractivity contribution in [2.24, 2.45) is 0 Å². The molecular weight excluding hydrogens is 939 g/mol. The Morgan fingerprint density at radius 2 is 0.539 bits per heavy atom. The molecule has 0 aliphatic carbocycles. The van der Waals surface area contributed by atoms with Crippen LogP contribution in [0.4, 0.5) is 0 Å². The smallest absolute Gasteiger partial charge is 0.0953 e. The largest absolute Gasteiger partial charge is 0.355 e. The molecule has 0 spiro atoms. The molecule has 10 heteroatoms. The van der Waals surface area contributed by atoms with Crippen molar-refractivity contribution in [2.45, 2.75) is 39.5 Å². The molecule has 0 unspecified atom stereocenters. The molecule has 0 saturated heterocycles. The van der Waals surface area contributed by atoms with Crippen molar-refractivity contribution in [3.63, 3.8) is 0 Å². The number of rotatable bonds is 21. The van der Waals surface area contributed by atoms with Crippen LogP contribution in [0.25, 0.3) is 66.5 Å². The summed E-state index contributed by atoms with van der Waals surface area (Å²) in [6.07, 6.45) is 0. The van der Waals surface area contributed by atoms with Crippen LogP contribution in [0.1, 0.15) is 33.4 Å². The van der Waals surface area contributed by atoms with Crippen LogP contribution in [0.5, 0.6) is 0 Å². The van der Waals surface area contributed by atoms with Crippen molar-refractivity contribution >= 4 is 32.7 Å². The third-order valence-electron chi connectivity index (χ3n) is 13.7. The normalized spacial score (nSPS) is 11.8. The minimum atomic E-state index is 0.238. The zero-order chi connectivity index (χ0) is 50.9. The lowest BCUT2D eigenvalue weighted by molar-refractivity contribution is -0.554. The number of hydrogen-bond donors (Lipinski definition) is 3. The average Bonchev–Trinajstić information content (AvgIpc) is 4.24. The number of nitrogens with zero attached hydrogens (tertiary/aromatic N) is 4. The SMILES string of the molecule is c1ccc(CON(Cc2ccccc2-c2cc3ccccc3[nH]2)N(N(Cc2ccccc2-c2cc3ccccc3[nH]2)OCc2ccccc2)N(Cc2ccccc2-c2cc3ccccc3[nH]2)OCc2ccccc2)cc1. The van der Waals surface area contributed by atoms with E-state index in [9.17, 15) is 0 Å². The van der Waals surface area contributed by atoms with E-state index < -0.39 is 0 Å². The first kappa shape index (κ1) is 48.3. The van der Waals surface area contributed by atoms with Crippen molar-refractivity contribution in [1.82, 2.24) is 35.7 Å². The lowest BCUT2D eigenvalue weighted by Crippen LogP contribution is -2.60. The van der Waals surface area contributed by atoms with Gasteiger partial charge in [0.15, 0.2) is 0 Å². The Balaban J connectivity index is 1.04. The minimum Gasteiger partial charge on any atom is -0.355 e. The van der Waals surface area contributed by atoms with Crippen LogP contribution in [0, 0.1) is 0 Å². The van der Waals surface area contributed by atoms with Crippen molar-refractivity contribution in [3.8, 4) is 33.8 Å². The van der Waals surface area contributed by atoms with E-state index in [2.05, 4.69) is 215 Å². The van der Waals surface area contributed by atoms with Crippen molar-refractivity contribution in [1.29, 1.82) is 0 Å². The number of fused-ring (bicyclic) bond motifs is 3. The number of aromatic nitrogens is 3. The van der Waals surface area contributed by atoms with Gasteiger partial charge in [-0.25, -0.2) is 0 Å². The predicted molar refractivity (Wildman–Crippen MR) is 303 cm³/mol. The number of aromatic amines is 3. The summed E-state index contributed by atoms with van der Waals surface area (Å²) in [5.41, 5.74) is 15.3. The van der Waals surface area contributed by atoms with Gasteiger partial charge in [0.05, 0.1) is 39.5 Å². The second-order valence-electron chi connectivity index (χ2n) is 18.9. The highest BCUT2D eigenvalue weighted by Gasteiger charge is 2.35. The minimum absolute atomic E-state index is 0.238. The van der Waals surface area contributed by atoms with Crippen LogP contribution in [0.15, 0.2) is 255 Å². The number of hydrazine groups is 3. The highest BCUT2D eigenvalue weighted by atomic mass is 16.9. The van der Waals surface area contributed by atoms with Gasteiger partial charge in [0.2, 0.25) is 0 Å². The third-order valence-corrected chi connectivity index (χ3v) is 13.7. The summed E-state index contributed by atoms with van der Waals surface area (Å²) in [5.74, 6) is 0. The van der Waals surface area contributed by atoms with Crippen LogP contribution in [-0.4, -0.2) is 35.7 Å². The molecule has 0 amide bonds. The lowest BCUT2D eigenvalue weighted by atomic mass is 10.0. The fraction of sp³-hybridized carbons (Fsp3) is 0.0909. The third kappa shape index (κ3) is 11.1. The average molecular weight is 996 g/mol. The Hall–Kier alpha value is -8.68. The van der Waals surface area contributed by atoms with Gasteiger partial charge in [-0.3, -0.25) is 14.5 Å². The van der Waals surface area contributed by atoms with Gasteiger partial charge in [-0.05, 0) is 75.0 Å². The van der Waals surface area contributed by atoms with Crippen LogP contribution >= 0.6 is 0 Å². The van der Waals surface area contributed by atoms with Gasteiger partial charge in [-0.15, -0.1) is 0 Å². The highest BCUT2D eigenvalue weighted by molar-refractivity contribution is 5.88. The molecule has 0 fully saturated rings. The predicted octanol–water partition coefficient (Wildman–Crippen LogP) is 15.4. The van der Waals surface area contributed by atoms with Gasteiger partial charge >= 0.3 is 0 Å². The number of hydroxylamine groups is 3. The number of H-pyrrole nitrogens is 3. The zero-order valence-corrected chi connectivity index (χ0v) is 42.0. The van der Waals surface area contributed by atoms with E-state index in [-0.39, 0.29) is 39.5 Å². The van der Waals surface area contributed by atoms with Crippen molar-refractivity contribution < 1.29 is 14.5 Å². The molecule has 0 saturated carbocycles. The van der Waals surface area contributed by atoms with Gasteiger partial charge in [0.1, 0.15) is 0 Å². The zero-order valence-electron chi connectivity index (χ0n) is 42.0. The number of hydrogen-bond acceptors (Lipinski definition) is 7. The molecule has 374 valence electrons.